The van der Waals surface area contributed by atoms with Crippen LogP contribution in [0.25, 0.3) is 17.5 Å². The molecule has 1 aromatic heterocycles. The molecule has 8 heteroatoms. The van der Waals surface area contributed by atoms with Crippen molar-refractivity contribution in [2.75, 3.05) is 0 Å². The van der Waals surface area contributed by atoms with Crippen LogP contribution in [0.4, 0.5) is 13.2 Å². The molecule has 0 saturated heterocycles. The van der Waals surface area contributed by atoms with E-state index in [0.717, 1.165) is 23.3 Å². The van der Waals surface area contributed by atoms with Crippen LogP contribution in [-0.2, 0) is 12.8 Å². The van der Waals surface area contributed by atoms with Gasteiger partial charge in [-0.25, -0.2) is 4.98 Å². The van der Waals surface area contributed by atoms with E-state index in [1.54, 1.807) is 0 Å². The maximum Gasteiger partial charge on any atom is 0.416 e. The first-order valence-electron chi connectivity index (χ1n) is 9.19. The molecule has 0 saturated carbocycles. The molecule has 158 valence electrons. The third-order valence-corrected chi connectivity index (χ3v) is 4.25. The van der Waals surface area contributed by atoms with Crippen LogP contribution in [0.5, 0.6) is 5.75 Å². The number of halogens is 3. The fourth-order valence-electron chi connectivity index (χ4n) is 2.72. The van der Waals surface area contributed by atoms with Crippen molar-refractivity contribution in [3.05, 3.63) is 77.2 Å². The van der Waals surface area contributed by atoms with E-state index >= 15 is 0 Å². The van der Waals surface area contributed by atoms with E-state index in [2.05, 4.69) is 10.5 Å². The van der Waals surface area contributed by atoms with E-state index in [9.17, 15) is 13.2 Å². The monoisotopic (exact) mass is 418 g/mol. The van der Waals surface area contributed by atoms with Gasteiger partial charge < -0.3 is 14.4 Å². The van der Waals surface area contributed by atoms with Crippen molar-refractivity contribution in [2.24, 2.45) is 0 Å². The summed E-state index contributed by atoms with van der Waals surface area (Å²) >= 11 is 0. The fourth-order valence-corrected chi connectivity index (χ4v) is 2.72. The summed E-state index contributed by atoms with van der Waals surface area (Å²) in [7, 11) is 0. The van der Waals surface area contributed by atoms with Gasteiger partial charge in [-0.1, -0.05) is 18.2 Å². The average molecular weight is 418 g/mol. The molecule has 2 N–H and O–H groups in total. The lowest BCUT2D eigenvalue weighted by molar-refractivity contribution is -0.137. The molecule has 0 aliphatic carbocycles. The molecule has 3 rings (SSSR count). The van der Waals surface area contributed by atoms with E-state index in [0.29, 0.717) is 17.0 Å². The first-order chi connectivity index (χ1) is 14.2. The van der Waals surface area contributed by atoms with Crippen LogP contribution in [0.2, 0.25) is 0 Å². The Morgan fingerprint density at radius 3 is 2.60 bits per heavy atom. The summed E-state index contributed by atoms with van der Waals surface area (Å²) in [6, 6.07) is 10.1. The maximum atomic E-state index is 12.7. The number of oxazole rings is 1. The fraction of sp³-hybridized carbons (Fsp3) is 0.227. The van der Waals surface area contributed by atoms with Gasteiger partial charge >= 0.3 is 6.18 Å². The van der Waals surface area contributed by atoms with Gasteiger partial charge in [0.05, 0.1) is 5.56 Å². The van der Waals surface area contributed by atoms with Crippen molar-refractivity contribution in [1.29, 1.82) is 0 Å². The minimum Gasteiger partial charge on any atom is -0.487 e. The summed E-state index contributed by atoms with van der Waals surface area (Å²) < 4.78 is 49.2. The summed E-state index contributed by atoms with van der Waals surface area (Å²) in [5, 5.41) is 8.87. The summed E-state index contributed by atoms with van der Waals surface area (Å²) in [5.74, 6) is 0.860. The quantitative estimate of drug-likeness (QED) is 0.487. The minimum absolute atomic E-state index is 0.144. The minimum atomic E-state index is -4.39. The molecule has 0 fully saturated rings. The third kappa shape index (κ3) is 5.71. The lowest BCUT2D eigenvalue weighted by Gasteiger charge is -2.07. The first-order valence-corrected chi connectivity index (χ1v) is 9.19. The number of benzene rings is 2. The van der Waals surface area contributed by atoms with Gasteiger partial charge in [0.1, 0.15) is 24.3 Å². The number of aryl methyl sites for hydroxylation is 1. The SMILES string of the molecule is Cc1cc(C=CC(C)NO)cc(OCc2coc(-c3ccc(C(F)(F)F)cc3)n2)c1. The Hall–Kier alpha value is -3.10. The van der Waals surface area contributed by atoms with E-state index in [-0.39, 0.29) is 18.5 Å². The molecule has 1 heterocycles. The van der Waals surface area contributed by atoms with Crippen molar-refractivity contribution in [3.8, 4) is 17.2 Å². The highest BCUT2D eigenvalue weighted by Crippen LogP contribution is 2.31. The molecule has 0 aliphatic rings. The number of hydrogen-bond acceptors (Lipinski definition) is 5. The van der Waals surface area contributed by atoms with Crippen molar-refractivity contribution in [1.82, 2.24) is 10.5 Å². The Morgan fingerprint density at radius 1 is 1.20 bits per heavy atom. The maximum absolute atomic E-state index is 12.7. The molecule has 5 nitrogen and oxygen atoms in total. The number of alkyl halides is 3. The smallest absolute Gasteiger partial charge is 0.416 e. The summed E-state index contributed by atoms with van der Waals surface area (Å²) in [5.41, 5.74) is 4.30. The number of rotatable bonds is 7. The van der Waals surface area contributed by atoms with Crippen LogP contribution < -0.4 is 10.2 Å². The van der Waals surface area contributed by atoms with Crippen molar-refractivity contribution in [2.45, 2.75) is 32.7 Å². The van der Waals surface area contributed by atoms with Gasteiger partial charge in [-0.05, 0) is 61.4 Å². The van der Waals surface area contributed by atoms with Crippen LogP contribution in [0.1, 0.15) is 29.3 Å². The molecule has 0 radical (unpaired) electrons. The van der Waals surface area contributed by atoms with Crippen molar-refractivity contribution < 1.29 is 27.5 Å². The van der Waals surface area contributed by atoms with Crippen molar-refractivity contribution >= 4 is 6.08 Å². The molecule has 1 atom stereocenters. The second kappa shape index (κ2) is 9.15. The molecule has 0 amide bonds. The molecule has 30 heavy (non-hydrogen) atoms. The number of ether oxygens (including phenoxy) is 1. The normalized spacial score (nSPS) is 13.0. The molecule has 0 aliphatic heterocycles. The number of aromatic nitrogens is 1. The predicted octanol–water partition coefficient (Wildman–Crippen LogP) is 5.63. The second-order valence-electron chi connectivity index (χ2n) is 6.86. The Balaban J connectivity index is 1.67. The second-order valence-corrected chi connectivity index (χ2v) is 6.86. The van der Waals surface area contributed by atoms with Gasteiger partial charge in [0.15, 0.2) is 0 Å². The van der Waals surface area contributed by atoms with Crippen LogP contribution in [0.3, 0.4) is 0 Å². The van der Waals surface area contributed by atoms with Gasteiger partial charge in [0, 0.05) is 11.6 Å². The van der Waals surface area contributed by atoms with Crippen LogP contribution in [0, 0.1) is 6.92 Å². The molecule has 3 aromatic rings. The van der Waals surface area contributed by atoms with Gasteiger partial charge in [0.25, 0.3) is 0 Å². The molecule has 2 aromatic carbocycles. The van der Waals surface area contributed by atoms with Crippen LogP contribution in [-0.4, -0.2) is 16.2 Å². The average Bonchev–Trinajstić information content (AvgIpc) is 3.18. The lowest BCUT2D eigenvalue weighted by Crippen LogP contribution is -2.18. The third-order valence-electron chi connectivity index (χ3n) is 4.25. The summed E-state index contributed by atoms with van der Waals surface area (Å²) in [4.78, 5) is 4.28. The Morgan fingerprint density at radius 2 is 1.93 bits per heavy atom. The molecular formula is C22H21F3N2O3. The Kier molecular flexibility index (Phi) is 6.59. The highest BCUT2D eigenvalue weighted by Gasteiger charge is 2.30. The van der Waals surface area contributed by atoms with E-state index in [1.807, 2.05) is 44.2 Å². The van der Waals surface area contributed by atoms with Gasteiger partial charge in [-0.2, -0.15) is 18.7 Å². The van der Waals surface area contributed by atoms with Crippen LogP contribution >= 0.6 is 0 Å². The number of hydroxylamine groups is 1. The zero-order valence-electron chi connectivity index (χ0n) is 16.4. The van der Waals surface area contributed by atoms with E-state index < -0.39 is 11.7 Å². The number of nitrogens with one attached hydrogen (secondary N) is 1. The zero-order valence-corrected chi connectivity index (χ0v) is 16.4. The largest absolute Gasteiger partial charge is 0.487 e. The molecule has 1 unspecified atom stereocenters. The standard InChI is InChI=1S/C22H21F3N2O3/c1-14-9-16(4-3-15(2)27-28)11-20(10-14)29-12-19-13-30-21(26-19)17-5-7-18(8-6-17)22(23,24)25/h3-11,13,15,27-28H,12H2,1-2H3. The van der Waals surface area contributed by atoms with Crippen LogP contribution in [0.15, 0.2) is 59.2 Å². The van der Waals surface area contributed by atoms with Crippen molar-refractivity contribution in [3.63, 3.8) is 0 Å². The van der Waals surface area contributed by atoms with Gasteiger partial charge in [0.2, 0.25) is 5.89 Å². The van der Waals surface area contributed by atoms with E-state index in [4.69, 9.17) is 14.4 Å². The molecule has 0 bridgehead atoms. The molecular weight excluding hydrogens is 397 g/mol. The Bertz CT molecular complexity index is 1010. The topological polar surface area (TPSA) is 67.5 Å². The predicted molar refractivity (Wildman–Crippen MR) is 106 cm³/mol. The number of nitrogens with zero attached hydrogens (tertiary/aromatic N) is 1. The number of hydrogen-bond donors (Lipinski definition) is 2. The highest BCUT2D eigenvalue weighted by atomic mass is 19.4. The van der Waals surface area contributed by atoms with E-state index in [1.165, 1.54) is 18.4 Å². The first kappa shape index (κ1) is 21.6. The lowest BCUT2D eigenvalue weighted by atomic mass is 10.1. The zero-order chi connectivity index (χ0) is 21.7. The Labute approximate surface area is 171 Å². The summed E-state index contributed by atoms with van der Waals surface area (Å²) in [6.45, 7) is 3.89. The highest BCUT2D eigenvalue weighted by molar-refractivity contribution is 5.55. The molecule has 0 spiro atoms. The van der Waals surface area contributed by atoms with Gasteiger partial charge in [-0.3, -0.25) is 0 Å². The van der Waals surface area contributed by atoms with Gasteiger partial charge in [-0.15, -0.1) is 0 Å². The summed E-state index contributed by atoms with van der Waals surface area (Å²) in [6.07, 6.45) is 0.708.